The summed E-state index contributed by atoms with van der Waals surface area (Å²) >= 11 is 0. The molecule has 0 bridgehead atoms. The zero-order chi connectivity index (χ0) is 10.8. The molecule has 0 aliphatic carbocycles. The molecule has 0 aromatic carbocycles. The number of hydrogen-bond acceptors (Lipinski definition) is 2. The summed E-state index contributed by atoms with van der Waals surface area (Å²) in [5.41, 5.74) is 2.09. The molecule has 2 rings (SSSR count). The molecule has 0 unspecified atom stereocenters. The van der Waals surface area contributed by atoms with Crippen LogP contribution in [0.2, 0.25) is 0 Å². The van der Waals surface area contributed by atoms with Crippen LogP contribution in [-0.2, 0) is 6.54 Å². The molecule has 2 heterocycles. The van der Waals surface area contributed by atoms with E-state index < -0.39 is 0 Å². The lowest BCUT2D eigenvalue weighted by atomic mass is 10.4. The SMILES string of the molecule is Cc1ccn(Cc2ccn(C(C)C)n2)n1. The van der Waals surface area contributed by atoms with Crippen molar-refractivity contribution >= 4 is 0 Å². The van der Waals surface area contributed by atoms with Crippen molar-refractivity contribution in [3.8, 4) is 0 Å². The third-order valence-electron chi connectivity index (χ3n) is 2.29. The Morgan fingerprint density at radius 3 is 2.53 bits per heavy atom. The molecule has 2 aromatic rings. The molecule has 15 heavy (non-hydrogen) atoms. The molecule has 2 aromatic heterocycles. The minimum Gasteiger partial charge on any atom is -0.270 e. The molecule has 0 radical (unpaired) electrons. The Balaban J connectivity index is 2.11. The van der Waals surface area contributed by atoms with E-state index in [0.717, 1.165) is 17.9 Å². The Bertz CT molecular complexity index is 439. The minimum absolute atomic E-state index is 0.415. The van der Waals surface area contributed by atoms with Crippen LogP contribution in [0.15, 0.2) is 24.5 Å². The van der Waals surface area contributed by atoms with Gasteiger partial charge in [-0.15, -0.1) is 0 Å². The second-order valence-electron chi connectivity index (χ2n) is 4.04. The standard InChI is InChI=1S/C11H16N4/c1-9(2)15-7-5-11(13-15)8-14-6-4-10(3)12-14/h4-7,9H,8H2,1-3H3. The van der Waals surface area contributed by atoms with E-state index in [2.05, 4.69) is 24.0 Å². The molecule has 0 spiro atoms. The fourth-order valence-electron chi connectivity index (χ4n) is 1.47. The number of aryl methyl sites for hydroxylation is 1. The summed E-state index contributed by atoms with van der Waals surface area (Å²) < 4.78 is 3.87. The van der Waals surface area contributed by atoms with Crippen LogP contribution < -0.4 is 0 Å². The maximum Gasteiger partial charge on any atom is 0.0849 e. The number of hydrogen-bond donors (Lipinski definition) is 0. The van der Waals surface area contributed by atoms with Crippen molar-refractivity contribution in [2.75, 3.05) is 0 Å². The molecule has 0 amide bonds. The maximum absolute atomic E-state index is 4.47. The summed E-state index contributed by atoms with van der Waals surface area (Å²) in [5, 5.41) is 8.80. The Morgan fingerprint density at radius 2 is 2.00 bits per heavy atom. The zero-order valence-electron chi connectivity index (χ0n) is 9.38. The number of rotatable bonds is 3. The zero-order valence-corrected chi connectivity index (χ0v) is 9.38. The van der Waals surface area contributed by atoms with Crippen molar-refractivity contribution < 1.29 is 0 Å². The molecule has 80 valence electrons. The van der Waals surface area contributed by atoms with E-state index in [0.29, 0.717) is 6.04 Å². The minimum atomic E-state index is 0.415. The van der Waals surface area contributed by atoms with Crippen molar-refractivity contribution in [2.45, 2.75) is 33.4 Å². The first-order chi connectivity index (χ1) is 7.15. The van der Waals surface area contributed by atoms with Crippen LogP contribution in [0, 0.1) is 6.92 Å². The summed E-state index contributed by atoms with van der Waals surface area (Å²) in [5.74, 6) is 0. The fourth-order valence-corrected chi connectivity index (χ4v) is 1.47. The average molecular weight is 204 g/mol. The summed E-state index contributed by atoms with van der Waals surface area (Å²) in [6.07, 6.45) is 3.99. The van der Waals surface area contributed by atoms with Gasteiger partial charge in [0.2, 0.25) is 0 Å². The third-order valence-corrected chi connectivity index (χ3v) is 2.29. The van der Waals surface area contributed by atoms with Crippen LogP contribution in [0.1, 0.15) is 31.3 Å². The van der Waals surface area contributed by atoms with Crippen molar-refractivity contribution in [1.82, 2.24) is 19.6 Å². The highest BCUT2D eigenvalue weighted by atomic mass is 15.3. The van der Waals surface area contributed by atoms with E-state index in [1.54, 1.807) is 0 Å². The molecule has 0 N–H and O–H groups in total. The van der Waals surface area contributed by atoms with Gasteiger partial charge in [0.15, 0.2) is 0 Å². The molecule has 4 heteroatoms. The highest BCUT2D eigenvalue weighted by Gasteiger charge is 2.03. The van der Waals surface area contributed by atoms with E-state index in [1.165, 1.54) is 0 Å². The van der Waals surface area contributed by atoms with Gasteiger partial charge in [0.25, 0.3) is 0 Å². The van der Waals surface area contributed by atoms with Crippen molar-refractivity contribution in [1.29, 1.82) is 0 Å². The van der Waals surface area contributed by atoms with E-state index >= 15 is 0 Å². The Labute approximate surface area is 89.5 Å². The van der Waals surface area contributed by atoms with Crippen molar-refractivity contribution in [2.24, 2.45) is 0 Å². The summed E-state index contributed by atoms with van der Waals surface area (Å²) in [4.78, 5) is 0. The van der Waals surface area contributed by atoms with E-state index in [9.17, 15) is 0 Å². The van der Waals surface area contributed by atoms with Crippen LogP contribution in [0.4, 0.5) is 0 Å². The molecule has 0 saturated heterocycles. The Hall–Kier alpha value is -1.58. The van der Waals surface area contributed by atoms with Gasteiger partial charge in [-0.25, -0.2) is 0 Å². The summed E-state index contributed by atoms with van der Waals surface area (Å²) in [6, 6.07) is 4.45. The van der Waals surface area contributed by atoms with Crippen LogP contribution in [-0.4, -0.2) is 19.6 Å². The number of aromatic nitrogens is 4. The molecule has 4 nitrogen and oxygen atoms in total. The lowest BCUT2D eigenvalue weighted by Crippen LogP contribution is -2.05. The molecule has 0 aliphatic rings. The quantitative estimate of drug-likeness (QED) is 0.766. The van der Waals surface area contributed by atoms with Gasteiger partial charge < -0.3 is 0 Å². The van der Waals surface area contributed by atoms with Crippen LogP contribution in [0.5, 0.6) is 0 Å². The Kier molecular flexibility index (Phi) is 2.58. The van der Waals surface area contributed by atoms with Gasteiger partial charge in [0.1, 0.15) is 0 Å². The predicted octanol–water partition coefficient (Wildman–Crippen LogP) is 2.02. The van der Waals surface area contributed by atoms with Crippen LogP contribution >= 0.6 is 0 Å². The topological polar surface area (TPSA) is 35.6 Å². The van der Waals surface area contributed by atoms with Crippen LogP contribution in [0.3, 0.4) is 0 Å². The second-order valence-corrected chi connectivity index (χ2v) is 4.04. The monoisotopic (exact) mass is 204 g/mol. The first-order valence-corrected chi connectivity index (χ1v) is 5.19. The van der Waals surface area contributed by atoms with Gasteiger partial charge in [-0.05, 0) is 32.9 Å². The lowest BCUT2D eigenvalue weighted by molar-refractivity contribution is 0.520. The first kappa shape index (κ1) is 9.96. The van der Waals surface area contributed by atoms with E-state index in [1.807, 2.05) is 40.8 Å². The van der Waals surface area contributed by atoms with E-state index in [4.69, 9.17) is 0 Å². The lowest BCUT2D eigenvalue weighted by Gasteiger charge is -2.03. The normalized spacial score (nSPS) is 11.2. The van der Waals surface area contributed by atoms with Gasteiger partial charge in [-0.3, -0.25) is 9.36 Å². The number of nitrogens with zero attached hydrogens (tertiary/aromatic N) is 4. The molecule has 0 aliphatic heterocycles. The smallest absolute Gasteiger partial charge is 0.0849 e. The van der Waals surface area contributed by atoms with Gasteiger partial charge in [0, 0.05) is 18.4 Å². The van der Waals surface area contributed by atoms with Crippen molar-refractivity contribution in [3.05, 3.63) is 35.9 Å². The second kappa shape index (κ2) is 3.88. The highest BCUT2D eigenvalue weighted by molar-refractivity contribution is 5.02. The molecule has 0 saturated carbocycles. The largest absolute Gasteiger partial charge is 0.270 e. The van der Waals surface area contributed by atoms with E-state index in [-0.39, 0.29) is 0 Å². The summed E-state index contributed by atoms with van der Waals surface area (Å²) in [7, 11) is 0. The Morgan fingerprint density at radius 1 is 1.20 bits per heavy atom. The highest BCUT2D eigenvalue weighted by Crippen LogP contribution is 2.05. The molecule has 0 atom stereocenters. The van der Waals surface area contributed by atoms with Gasteiger partial charge in [0.05, 0.1) is 17.9 Å². The predicted molar refractivity (Wildman–Crippen MR) is 58.7 cm³/mol. The molecular formula is C11H16N4. The van der Waals surface area contributed by atoms with Gasteiger partial charge >= 0.3 is 0 Å². The molecule has 0 fully saturated rings. The molecular weight excluding hydrogens is 188 g/mol. The van der Waals surface area contributed by atoms with Gasteiger partial charge in [-0.2, -0.15) is 10.2 Å². The third kappa shape index (κ3) is 2.26. The first-order valence-electron chi connectivity index (χ1n) is 5.19. The van der Waals surface area contributed by atoms with Crippen LogP contribution in [0.25, 0.3) is 0 Å². The van der Waals surface area contributed by atoms with Gasteiger partial charge in [-0.1, -0.05) is 0 Å². The fraction of sp³-hybridized carbons (Fsp3) is 0.455. The average Bonchev–Trinajstić information content (AvgIpc) is 2.76. The summed E-state index contributed by atoms with van der Waals surface area (Å²) in [6.45, 7) is 6.97. The van der Waals surface area contributed by atoms with Crippen molar-refractivity contribution in [3.63, 3.8) is 0 Å². The maximum atomic E-state index is 4.47.